The van der Waals surface area contributed by atoms with Gasteiger partial charge in [-0.15, -0.1) is 5.10 Å². The highest BCUT2D eigenvalue weighted by molar-refractivity contribution is 5.84. The Morgan fingerprint density at radius 2 is 1.83 bits per heavy atom. The number of halogens is 1. The summed E-state index contributed by atoms with van der Waals surface area (Å²) < 4.78 is 15.8. The molecule has 4 saturated carbocycles. The summed E-state index contributed by atoms with van der Waals surface area (Å²) in [6.07, 6.45) is 9.86. The maximum Gasteiger partial charge on any atom is 0.157 e. The second kappa shape index (κ2) is 7.84. The Morgan fingerprint density at radius 3 is 2.63 bits per heavy atom. The Kier molecular flexibility index (Phi) is 5.28. The Morgan fingerprint density at radius 1 is 1.06 bits per heavy atom. The van der Waals surface area contributed by atoms with Crippen molar-refractivity contribution >= 4 is 16.8 Å². The first-order valence-electron chi connectivity index (χ1n) is 13.8. The molecule has 190 valence electrons. The average Bonchev–Trinajstić information content (AvgIpc) is 3.34. The molecule has 1 aromatic carbocycles. The van der Waals surface area contributed by atoms with Crippen LogP contribution in [0.15, 0.2) is 12.1 Å². The van der Waals surface area contributed by atoms with Gasteiger partial charge >= 0.3 is 0 Å². The quantitative estimate of drug-likeness (QED) is 0.596. The van der Waals surface area contributed by atoms with E-state index in [0.29, 0.717) is 39.8 Å². The van der Waals surface area contributed by atoms with E-state index in [1.807, 2.05) is 6.92 Å². The van der Waals surface area contributed by atoms with Crippen molar-refractivity contribution in [3.05, 3.63) is 23.5 Å². The summed E-state index contributed by atoms with van der Waals surface area (Å²) in [6.45, 7) is 8.82. The number of Topliss-reactive ketones (excluding diaryl/α,β-unsaturated/α-hetero) is 1. The van der Waals surface area contributed by atoms with Crippen LogP contribution in [0.25, 0.3) is 11.0 Å². The molecular weight excluding hydrogens is 441 g/mol. The van der Waals surface area contributed by atoms with Crippen LogP contribution in [0.5, 0.6) is 0 Å². The van der Waals surface area contributed by atoms with Crippen LogP contribution in [-0.4, -0.2) is 31.5 Å². The summed E-state index contributed by atoms with van der Waals surface area (Å²) in [5.41, 5.74) is 1.66. The largest absolute Gasteiger partial charge is 0.390 e. The van der Waals surface area contributed by atoms with Gasteiger partial charge < -0.3 is 5.11 Å². The molecule has 35 heavy (non-hydrogen) atoms. The van der Waals surface area contributed by atoms with Crippen LogP contribution in [0, 0.1) is 53.2 Å². The van der Waals surface area contributed by atoms with Crippen molar-refractivity contribution in [2.24, 2.45) is 40.4 Å². The third kappa shape index (κ3) is 3.53. The zero-order chi connectivity index (χ0) is 24.8. The molecule has 0 unspecified atom stereocenters. The number of aliphatic hydroxyl groups is 1. The summed E-state index contributed by atoms with van der Waals surface area (Å²) in [5, 5.41) is 19.1. The third-order valence-electron chi connectivity index (χ3n) is 11.4. The molecule has 6 rings (SSSR count). The molecule has 1 N–H and O–H groups in total. The van der Waals surface area contributed by atoms with Crippen molar-refractivity contribution in [2.45, 2.75) is 97.6 Å². The standard InChI is InChI=1S/C29H40FN3O2/c1-17-13-24-25(14-23(17)30)33(32-31-24)16-26(34)22-8-7-20-19-6-5-18-15-27(2,35)11-12-28(18,3)21(19)9-10-29(20,22)4/h13-14,18-22,35H,5-12,15-16H2,1-4H3/t18-,19-,20-,21-,22+,27+,28-,29-/m0/s1. The van der Waals surface area contributed by atoms with E-state index in [0.717, 1.165) is 44.4 Å². The monoisotopic (exact) mass is 481 g/mol. The van der Waals surface area contributed by atoms with Crippen molar-refractivity contribution in [2.75, 3.05) is 0 Å². The predicted molar refractivity (Wildman–Crippen MR) is 133 cm³/mol. The highest BCUT2D eigenvalue weighted by Crippen LogP contribution is 2.68. The number of ketones is 1. The molecule has 1 aromatic heterocycles. The van der Waals surface area contributed by atoms with Gasteiger partial charge in [-0.25, -0.2) is 9.07 Å². The predicted octanol–water partition coefficient (Wildman–Crippen LogP) is 5.86. The number of carbonyl (C=O) groups excluding carboxylic acids is 1. The van der Waals surface area contributed by atoms with Crippen LogP contribution >= 0.6 is 0 Å². The highest BCUT2D eigenvalue weighted by atomic mass is 19.1. The molecule has 1 heterocycles. The Balaban J connectivity index is 1.22. The van der Waals surface area contributed by atoms with Crippen LogP contribution in [0.4, 0.5) is 4.39 Å². The minimum absolute atomic E-state index is 0.0415. The van der Waals surface area contributed by atoms with Crippen molar-refractivity contribution in [1.29, 1.82) is 0 Å². The van der Waals surface area contributed by atoms with Gasteiger partial charge in [0.2, 0.25) is 0 Å². The zero-order valence-corrected chi connectivity index (χ0v) is 21.7. The SMILES string of the molecule is Cc1cc2nnn(CC(=O)[C@H]3CC[C@H]4[C@@H]5CC[C@H]6C[C@](C)(O)CC[C@]6(C)[C@H]5CC[C@]34C)c2cc1F. The lowest BCUT2D eigenvalue weighted by atomic mass is 9.44. The second-order valence-corrected chi connectivity index (χ2v) is 13.3. The van der Waals surface area contributed by atoms with Gasteiger partial charge in [0.15, 0.2) is 5.78 Å². The van der Waals surface area contributed by atoms with E-state index >= 15 is 0 Å². The fourth-order valence-electron chi connectivity index (χ4n) is 9.43. The van der Waals surface area contributed by atoms with Crippen molar-refractivity contribution in [1.82, 2.24) is 15.0 Å². The molecule has 0 radical (unpaired) electrons. The maximum absolute atomic E-state index is 14.2. The first-order valence-corrected chi connectivity index (χ1v) is 13.8. The minimum atomic E-state index is -0.502. The van der Waals surface area contributed by atoms with Gasteiger partial charge in [-0.2, -0.15) is 0 Å². The van der Waals surface area contributed by atoms with Crippen LogP contribution in [0.1, 0.15) is 84.1 Å². The molecule has 0 amide bonds. The zero-order valence-electron chi connectivity index (χ0n) is 21.7. The van der Waals surface area contributed by atoms with Crippen LogP contribution < -0.4 is 0 Å². The highest BCUT2D eigenvalue weighted by Gasteiger charge is 2.61. The van der Waals surface area contributed by atoms with Gasteiger partial charge in [0.1, 0.15) is 17.9 Å². The normalized spacial score (nSPS) is 43.0. The number of benzene rings is 1. The average molecular weight is 482 g/mol. The van der Waals surface area contributed by atoms with E-state index in [1.54, 1.807) is 17.7 Å². The second-order valence-electron chi connectivity index (χ2n) is 13.3. The summed E-state index contributed by atoms with van der Waals surface area (Å²) in [6, 6.07) is 3.16. The number of carbonyl (C=O) groups is 1. The van der Waals surface area contributed by atoms with Gasteiger partial charge in [-0.3, -0.25) is 4.79 Å². The molecule has 2 aromatic rings. The minimum Gasteiger partial charge on any atom is -0.390 e. The number of rotatable bonds is 3. The molecule has 0 saturated heterocycles. The lowest BCUT2D eigenvalue weighted by Crippen LogP contribution is -2.55. The van der Waals surface area contributed by atoms with Crippen molar-refractivity contribution in [3.63, 3.8) is 0 Å². The van der Waals surface area contributed by atoms with Crippen LogP contribution in [0.3, 0.4) is 0 Å². The molecule has 6 heteroatoms. The number of hydrogen-bond donors (Lipinski definition) is 1. The van der Waals surface area contributed by atoms with E-state index in [4.69, 9.17) is 0 Å². The third-order valence-corrected chi connectivity index (χ3v) is 11.4. The summed E-state index contributed by atoms with van der Waals surface area (Å²) in [7, 11) is 0. The van der Waals surface area contributed by atoms with Gasteiger partial charge in [0.05, 0.1) is 11.1 Å². The molecule has 0 spiro atoms. The van der Waals surface area contributed by atoms with Crippen LogP contribution in [-0.2, 0) is 11.3 Å². The molecule has 0 aliphatic heterocycles. The van der Waals surface area contributed by atoms with E-state index in [2.05, 4.69) is 24.2 Å². The Hall–Kier alpha value is -1.82. The maximum atomic E-state index is 14.2. The first kappa shape index (κ1) is 23.6. The van der Waals surface area contributed by atoms with Gasteiger partial charge in [0.25, 0.3) is 0 Å². The van der Waals surface area contributed by atoms with E-state index in [-0.39, 0.29) is 29.5 Å². The topological polar surface area (TPSA) is 68.0 Å². The van der Waals surface area contributed by atoms with Crippen molar-refractivity contribution in [3.8, 4) is 0 Å². The Labute approximate surface area is 207 Å². The van der Waals surface area contributed by atoms with E-state index in [9.17, 15) is 14.3 Å². The van der Waals surface area contributed by atoms with E-state index < -0.39 is 5.60 Å². The fraction of sp³-hybridized carbons (Fsp3) is 0.759. The molecule has 4 aliphatic carbocycles. The molecule has 5 nitrogen and oxygen atoms in total. The number of fused-ring (bicyclic) bond motifs is 6. The fourth-order valence-corrected chi connectivity index (χ4v) is 9.43. The van der Waals surface area contributed by atoms with Crippen molar-refractivity contribution < 1.29 is 14.3 Å². The number of hydrogen-bond acceptors (Lipinski definition) is 4. The Bertz CT molecular complexity index is 1170. The summed E-state index contributed by atoms with van der Waals surface area (Å²) in [5.74, 6) is 2.63. The van der Waals surface area contributed by atoms with E-state index in [1.165, 1.54) is 25.3 Å². The molecule has 8 atom stereocenters. The van der Waals surface area contributed by atoms with Crippen LogP contribution in [0.2, 0.25) is 0 Å². The van der Waals surface area contributed by atoms with Gasteiger partial charge in [-0.05, 0) is 118 Å². The first-order chi connectivity index (χ1) is 16.5. The lowest BCUT2D eigenvalue weighted by molar-refractivity contribution is -0.151. The number of aryl methyl sites for hydroxylation is 1. The molecule has 4 fully saturated rings. The molecular formula is C29H40FN3O2. The molecule has 4 aliphatic rings. The number of aromatic nitrogens is 3. The molecule has 0 bridgehead atoms. The van der Waals surface area contributed by atoms with Gasteiger partial charge in [-0.1, -0.05) is 19.1 Å². The summed E-state index contributed by atoms with van der Waals surface area (Å²) in [4.78, 5) is 13.7. The lowest BCUT2D eigenvalue weighted by Gasteiger charge is -2.61. The number of nitrogens with zero attached hydrogens (tertiary/aromatic N) is 3. The summed E-state index contributed by atoms with van der Waals surface area (Å²) >= 11 is 0. The smallest absolute Gasteiger partial charge is 0.157 e. The van der Waals surface area contributed by atoms with Gasteiger partial charge in [0, 0.05) is 12.0 Å².